The van der Waals surface area contributed by atoms with Crippen LogP contribution < -0.4 is 4.74 Å². The van der Waals surface area contributed by atoms with Crippen LogP contribution in [-0.2, 0) is 14.3 Å². The molecular formula is C19H21FO5S. The fourth-order valence-corrected chi connectivity index (χ4v) is 3.03. The van der Waals surface area contributed by atoms with Gasteiger partial charge in [-0.3, -0.25) is 0 Å². The van der Waals surface area contributed by atoms with Crippen molar-refractivity contribution < 1.29 is 26.8 Å². The summed E-state index contributed by atoms with van der Waals surface area (Å²) in [6.45, 7) is 0.487. The Bertz CT molecular complexity index is 788. The minimum absolute atomic E-state index is 0.00890. The van der Waals surface area contributed by atoms with E-state index in [0.717, 1.165) is 12.8 Å². The van der Waals surface area contributed by atoms with E-state index < -0.39 is 16.4 Å². The fourth-order valence-electron chi connectivity index (χ4n) is 2.10. The molecule has 2 aromatic carbocycles. The van der Waals surface area contributed by atoms with Gasteiger partial charge < -0.3 is 9.84 Å². The number of allylic oxidation sites excluding steroid dienone is 1. The number of ether oxygens (including phenoxy) is 1. The summed E-state index contributed by atoms with van der Waals surface area (Å²) in [6, 6.07) is 13.4. The molecule has 0 radical (unpaired) electrons. The van der Waals surface area contributed by atoms with Crippen LogP contribution in [0.1, 0.15) is 19.3 Å². The zero-order chi connectivity index (χ0) is 18.8. The summed E-state index contributed by atoms with van der Waals surface area (Å²) in [4.78, 5) is -0.00890. The minimum Gasteiger partial charge on any atom is -0.494 e. The molecule has 1 unspecified atom stereocenters. The predicted octanol–water partition coefficient (Wildman–Crippen LogP) is 3.65. The van der Waals surface area contributed by atoms with E-state index in [1.54, 1.807) is 36.4 Å². The normalized spacial score (nSPS) is 13.0. The van der Waals surface area contributed by atoms with Gasteiger partial charge in [-0.1, -0.05) is 24.3 Å². The molecule has 0 bridgehead atoms. The smallest absolute Gasteiger partial charge is 0.299 e. The maximum atomic E-state index is 12.7. The van der Waals surface area contributed by atoms with Crippen LogP contribution in [0.4, 0.5) is 4.39 Å². The van der Waals surface area contributed by atoms with Crippen molar-refractivity contribution in [2.24, 2.45) is 0 Å². The van der Waals surface area contributed by atoms with Crippen molar-refractivity contribution in [1.82, 2.24) is 0 Å². The Morgan fingerprint density at radius 1 is 1.04 bits per heavy atom. The van der Waals surface area contributed by atoms with E-state index in [4.69, 9.17) is 8.92 Å². The van der Waals surface area contributed by atoms with Gasteiger partial charge in [-0.2, -0.15) is 8.42 Å². The Kier molecular flexibility index (Phi) is 7.77. The lowest BCUT2D eigenvalue weighted by Gasteiger charge is -2.08. The number of benzene rings is 2. The Labute approximate surface area is 152 Å². The lowest BCUT2D eigenvalue weighted by Crippen LogP contribution is -2.15. The molecular weight excluding hydrogens is 359 g/mol. The average molecular weight is 380 g/mol. The van der Waals surface area contributed by atoms with Crippen molar-refractivity contribution in [1.29, 1.82) is 0 Å². The highest BCUT2D eigenvalue weighted by Crippen LogP contribution is 2.14. The summed E-state index contributed by atoms with van der Waals surface area (Å²) in [6.07, 6.45) is 3.61. The van der Waals surface area contributed by atoms with Gasteiger partial charge in [-0.25, -0.2) is 8.57 Å². The SMILES string of the molecule is O=S(=O)(OC(O)/C=C/CCCCOc1ccc(F)cc1)c1ccccc1. The highest BCUT2D eigenvalue weighted by atomic mass is 32.2. The number of hydrogen-bond acceptors (Lipinski definition) is 5. The lowest BCUT2D eigenvalue weighted by atomic mass is 10.2. The van der Waals surface area contributed by atoms with Crippen LogP contribution in [-0.4, -0.2) is 26.4 Å². The molecule has 7 heteroatoms. The Morgan fingerprint density at radius 2 is 1.73 bits per heavy atom. The standard InChI is InChI=1S/C19H21FO5S/c20-16-11-13-17(14-12-16)24-15-7-2-1-6-10-19(21)25-26(22,23)18-8-4-3-5-9-18/h3-6,8-14,19,21H,1-2,7,15H2/b10-6+. The van der Waals surface area contributed by atoms with Gasteiger partial charge in [0.25, 0.3) is 10.1 Å². The first-order chi connectivity index (χ1) is 12.5. The van der Waals surface area contributed by atoms with E-state index in [1.165, 1.54) is 30.3 Å². The summed E-state index contributed by atoms with van der Waals surface area (Å²) < 4.78 is 46.7. The van der Waals surface area contributed by atoms with E-state index in [2.05, 4.69) is 0 Å². The number of rotatable bonds is 10. The minimum atomic E-state index is -3.99. The molecule has 0 aliphatic carbocycles. The zero-order valence-corrected chi connectivity index (χ0v) is 14.9. The number of hydrogen-bond donors (Lipinski definition) is 1. The number of aliphatic hydroxyl groups is 1. The molecule has 0 saturated heterocycles. The second-order valence-corrected chi connectivity index (χ2v) is 7.05. The predicted molar refractivity (Wildman–Crippen MR) is 95.6 cm³/mol. The summed E-state index contributed by atoms with van der Waals surface area (Å²) in [5, 5.41) is 9.68. The molecule has 2 aromatic rings. The first-order valence-electron chi connectivity index (χ1n) is 8.19. The van der Waals surface area contributed by atoms with E-state index in [1.807, 2.05) is 0 Å². The number of halogens is 1. The molecule has 26 heavy (non-hydrogen) atoms. The molecule has 1 atom stereocenters. The molecule has 0 aromatic heterocycles. The molecule has 0 saturated carbocycles. The molecule has 0 amide bonds. The highest BCUT2D eigenvalue weighted by Gasteiger charge is 2.17. The van der Waals surface area contributed by atoms with Gasteiger partial charge in [0.05, 0.1) is 11.5 Å². The zero-order valence-electron chi connectivity index (χ0n) is 14.1. The Balaban J connectivity index is 1.64. The van der Waals surface area contributed by atoms with Crippen molar-refractivity contribution >= 4 is 10.1 Å². The Morgan fingerprint density at radius 3 is 2.42 bits per heavy atom. The summed E-state index contributed by atoms with van der Waals surface area (Å²) in [5.41, 5.74) is 0. The number of aliphatic hydroxyl groups excluding tert-OH is 1. The van der Waals surface area contributed by atoms with Crippen LogP contribution in [0, 0.1) is 5.82 Å². The largest absolute Gasteiger partial charge is 0.494 e. The quantitative estimate of drug-likeness (QED) is 0.295. The highest BCUT2D eigenvalue weighted by molar-refractivity contribution is 7.86. The molecule has 1 N–H and O–H groups in total. The maximum absolute atomic E-state index is 12.7. The maximum Gasteiger partial charge on any atom is 0.299 e. The second kappa shape index (κ2) is 10.1. The van der Waals surface area contributed by atoms with Crippen molar-refractivity contribution in [3.8, 4) is 5.75 Å². The lowest BCUT2D eigenvalue weighted by molar-refractivity contribution is 0.0304. The molecule has 0 heterocycles. The molecule has 0 aliphatic rings. The van der Waals surface area contributed by atoms with Crippen LogP contribution in [0.2, 0.25) is 0 Å². The van der Waals surface area contributed by atoms with Crippen LogP contribution in [0.25, 0.3) is 0 Å². The first kappa shape index (κ1) is 20.1. The molecule has 2 rings (SSSR count). The monoisotopic (exact) mass is 380 g/mol. The summed E-state index contributed by atoms with van der Waals surface area (Å²) >= 11 is 0. The van der Waals surface area contributed by atoms with E-state index >= 15 is 0 Å². The van der Waals surface area contributed by atoms with Crippen molar-refractivity contribution in [2.75, 3.05) is 6.61 Å². The van der Waals surface area contributed by atoms with E-state index in [-0.39, 0.29) is 10.7 Å². The van der Waals surface area contributed by atoms with E-state index in [9.17, 15) is 17.9 Å². The number of unbranched alkanes of at least 4 members (excludes halogenated alkanes) is 2. The van der Waals surface area contributed by atoms with Crippen LogP contribution >= 0.6 is 0 Å². The van der Waals surface area contributed by atoms with Crippen LogP contribution in [0.3, 0.4) is 0 Å². The van der Waals surface area contributed by atoms with Crippen molar-refractivity contribution in [2.45, 2.75) is 30.4 Å². The molecule has 140 valence electrons. The Hall–Kier alpha value is -2.22. The van der Waals surface area contributed by atoms with Crippen LogP contribution in [0.15, 0.2) is 71.6 Å². The van der Waals surface area contributed by atoms with E-state index in [0.29, 0.717) is 18.8 Å². The van der Waals surface area contributed by atoms with Gasteiger partial charge in [0.2, 0.25) is 0 Å². The molecule has 5 nitrogen and oxygen atoms in total. The van der Waals surface area contributed by atoms with Crippen LogP contribution in [0.5, 0.6) is 5.75 Å². The summed E-state index contributed by atoms with van der Waals surface area (Å²) in [7, 11) is -3.99. The van der Waals surface area contributed by atoms with Gasteiger partial charge in [-0.15, -0.1) is 0 Å². The van der Waals surface area contributed by atoms with Gasteiger partial charge in [-0.05, 0) is 61.7 Å². The van der Waals surface area contributed by atoms with Gasteiger partial charge in [0.1, 0.15) is 11.6 Å². The third kappa shape index (κ3) is 6.95. The van der Waals surface area contributed by atoms with Gasteiger partial charge in [0, 0.05) is 0 Å². The molecule has 0 aliphatic heterocycles. The average Bonchev–Trinajstić information content (AvgIpc) is 2.63. The summed E-state index contributed by atoms with van der Waals surface area (Å²) in [5.74, 6) is 0.300. The fraction of sp³-hybridized carbons (Fsp3) is 0.263. The third-order valence-corrected chi connectivity index (χ3v) is 4.71. The molecule has 0 fully saturated rings. The molecule has 0 spiro atoms. The topological polar surface area (TPSA) is 72.8 Å². The second-order valence-electron chi connectivity index (χ2n) is 5.48. The first-order valence-corrected chi connectivity index (χ1v) is 9.60. The van der Waals surface area contributed by atoms with Gasteiger partial charge in [0.15, 0.2) is 6.29 Å². The van der Waals surface area contributed by atoms with Gasteiger partial charge >= 0.3 is 0 Å². The van der Waals surface area contributed by atoms with Crippen molar-refractivity contribution in [3.05, 3.63) is 72.6 Å². The third-order valence-electron chi connectivity index (χ3n) is 3.41. The van der Waals surface area contributed by atoms with Crippen molar-refractivity contribution in [3.63, 3.8) is 0 Å².